The molecule has 1 N–H and O–H groups in total. The van der Waals surface area contributed by atoms with Crippen molar-refractivity contribution in [3.05, 3.63) is 31.3 Å². The Morgan fingerprint density at radius 1 is 1.30 bits per heavy atom. The van der Waals surface area contributed by atoms with Crippen molar-refractivity contribution in [2.45, 2.75) is 83.9 Å². The first kappa shape index (κ1) is 23.6. The third kappa shape index (κ3) is 4.73. The number of nitrogens with one attached hydrogen (secondary N) is 1. The smallest absolute Gasteiger partial charge is 0.428 e. The number of ether oxygens (including phenoxy) is 1. The maximum Gasteiger partial charge on any atom is 0.428 e. The first-order valence-corrected chi connectivity index (χ1v) is 11.9. The average molecular weight is 483 g/mol. The third-order valence-corrected chi connectivity index (χ3v) is 7.24. The number of aromatic nitrogens is 2. The molecule has 33 heavy (non-hydrogen) atoms. The minimum atomic E-state index is -2.83. The summed E-state index contributed by atoms with van der Waals surface area (Å²) in [6.45, 7) is 6.77. The number of alkyl halides is 2. The predicted octanol–water partition coefficient (Wildman–Crippen LogP) is 4.16. The fourth-order valence-electron chi connectivity index (χ4n) is 4.21. The summed E-state index contributed by atoms with van der Waals surface area (Å²) in [6, 6.07) is -0.185. The lowest BCUT2D eigenvalue weighted by Gasteiger charge is -2.21. The largest absolute Gasteiger partial charge is 0.443 e. The molecule has 2 aliphatic carbocycles. The first-order valence-electron chi connectivity index (χ1n) is 11.1. The van der Waals surface area contributed by atoms with Crippen LogP contribution in [0.4, 0.5) is 13.6 Å². The van der Waals surface area contributed by atoms with Crippen LogP contribution < -0.4 is 16.7 Å². The number of aryl methyl sites for hydroxylation is 1. The number of rotatable bonds is 5. The van der Waals surface area contributed by atoms with E-state index in [4.69, 9.17) is 4.74 Å². The monoisotopic (exact) mass is 482 g/mol. The van der Waals surface area contributed by atoms with Crippen molar-refractivity contribution in [2.75, 3.05) is 0 Å². The highest BCUT2D eigenvalue weighted by molar-refractivity contribution is 7.20. The van der Waals surface area contributed by atoms with Crippen molar-refractivity contribution < 1.29 is 18.3 Å². The van der Waals surface area contributed by atoms with E-state index in [0.29, 0.717) is 33.5 Å². The van der Waals surface area contributed by atoms with E-state index in [1.54, 1.807) is 27.7 Å². The SMILES string of the molecule is Cc1c(/C=N/NC(=O)OC(C)(C)C)sc2c1c(=O)n(C1CC1)c(=O)n2CC1CCCC1(F)F. The lowest BCUT2D eigenvalue weighted by molar-refractivity contribution is -0.0422. The Morgan fingerprint density at radius 3 is 2.58 bits per heavy atom. The van der Waals surface area contributed by atoms with Gasteiger partial charge in [-0.3, -0.25) is 13.9 Å². The highest BCUT2D eigenvalue weighted by atomic mass is 32.1. The van der Waals surface area contributed by atoms with Crippen molar-refractivity contribution in [1.29, 1.82) is 0 Å². The predicted molar refractivity (Wildman–Crippen MR) is 123 cm³/mol. The molecule has 8 nitrogen and oxygen atoms in total. The number of nitrogens with zero attached hydrogens (tertiary/aromatic N) is 3. The topological polar surface area (TPSA) is 94.7 Å². The van der Waals surface area contributed by atoms with Crippen LogP contribution in [0, 0.1) is 12.8 Å². The molecule has 0 saturated heterocycles. The van der Waals surface area contributed by atoms with Gasteiger partial charge in [-0.25, -0.2) is 23.8 Å². The Balaban J connectivity index is 1.74. The molecule has 2 aliphatic rings. The molecule has 1 amide bonds. The van der Waals surface area contributed by atoms with Crippen molar-refractivity contribution in [3.8, 4) is 0 Å². The molecule has 2 aromatic rings. The maximum absolute atomic E-state index is 14.4. The second-order valence-electron chi connectivity index (χ2n) is 9.79. The third-order valence-electron chi connectivity index (χ3n) is 5.99. The van der Waals surface area contributed by atoms with Crippen LogP contribution in [-0.4, -0.2) is 33.0 Å². The Morgan fingerprint density at radius 2 is 2.00 bits per heavy atom. The van der Waals surface area contributed by atoms with Crippen molar-refractivity contribution in [2.24, 2.45) is 11.0 Å². The van der Waals surface area contributed by atoms with Gasteiger partial charge in [-0.15, -0.1) is 11.3 Å². The average Bonchev–Trinajstić information content (AvgIpc) is 3.38. The minimum absolute atomic E-state index is 0.137. The summed E-state index contributed by atoms with van der Waals surface area (Å²) in [5, 5.41) is 4.24. The van der Waals surface area contributed by atoms with Gasteiger partial charge >= 0.3 is 11.8 Å². The van der Waals surface area contributed by atoms with E-state index in [2.05, 4.69) is 10.5 Å². The van der Waals surface area contributed by atoms with Gasteiger partial charge in [-0.05, 0) is 58.9 Å². The summed E-state index contributed by atoms with van der Waals surface area (Å²) in [6.07, 6.45) is 2.65. The second-order valence-corrected chi connectivity index (χ2v) is 10.8. The summed E-state index contributed by atoms with van der Waals surface area (Å²) in [4.78, 5) is 39.2. The Bertz CT molecular complexity index is 1230. The highest BCUT2D eigenvalue weighted by Crippen LogP contribution is 2.42. The number of hydrogen-bond acceptors (Lipinski definition) is 6. The Kier molecular flexibility index (Phi) is 5.96. The van der Waals surface area contributed by atoms with Crippen LogP contribution in [0.15, 0.2) is 14.7 Å². The summed E-state index contributed by atoms with van der Waals surface area (Å²) in [5.74, 6) is -3.78. The molecule has 180 valence electrons. The van der Waals surface area contributed by atoms with Crippen molar-refractivity contribution in [1.82, 2.24) is 14.6 Å². The molecular weight excluding hydrogens is 454 g/mol. The number of halogens is 2. The molecule has 0 radical (unpaired) electrons. The van der Waals surface area contributed by atoms with Crippen LogP contribution in [0.2, 0.25) is 0 Å². The van der Waals surface area contributed by atoms with Gasteiger partial charge in [0.15, 0.2) is 0 Å². The molecule has 2 heterocycles. The zero-order valence-corrected chi connectivity index (χ0v) is 19.9. The summed E-state index contributed by atoms with van der Waals surface area (Å²) in [7, 11) is 0. The number of amides is 1. The molecule has 0 aromatic carbocycles. The summed E-state index contributed by atoms with van der Waals surface area (Å²) >= 11 is 1.13. The molecule has 11 heteroatoms. The van der Waals surface area contributed by atoms with Gasteiger partial charge in [0.25, 0.3) is 11.5 Å². The van der Waals surface area contributed by atoms with Gasteiger partial charge in [0, 0.05) is 24.9 Å². The van der Waals surface area contributed by atoms with Crippen molar-refractivity contribution in [3.63, 3.8) is 0 Å². The Labute approximate surface area is 193 Å². The molecule has 0 bridgehead atoms. The minimum Gasteiger partial charge on any atom is -0.443 e. The molecule has 0 spiro atoms. The molecular formula is C22H28F2N4O4S. The van der Waals surface area contributed by atoms with Crippen LogP contribution in [0.25, 0.3) is 10.2 Å². The summed E-state index contributed by atoms with van der Waals surface area (Å²) in [5.41, 5.74) is 1.25. The fraction of sp³-hybridized carbons (Fsp3) is 0.636. The van der Waals surface area contributed by atoms with E-state index in [-0.39, 0.29) is 19.0 Å². The summed E-state index contributed by atoms with van der Waals surface area (Å²) < 4.78 is 36.4. The van der Waals surface area contributed by atoms with Gasteiger partial charge in [0.05, 0.1) is 16.5 Å². The van der Waals surface area contributed by atoms with E-state index in [0.717, 1.165) is 24.2 Å². The second kappa shape index (κ2) is 8.34. The van der Waals surface area contributed by atoms with Crippen LogP contribution in [-0.2, 0) is 11.3 Å². The van der Waals surface area contributed by atoms with Gasteiger partial charge < -0.3 is 4.74 Å². The number of thiophene rings is 1. The van der Waals surface area contributed by atoms with Gasteiger partial charge in [0.1, 0.15) is 10.4 Å². The van der Waals surface area contributed by atoms with Gasteiger partial charge in [-0.2, -0.15) is 5.10 Å². The van der Waals surface area contributed by atoms with E-state index < -0.39 is 34.8 Å². The first-order chi connectivity index (χ1) is 15.4. The number of hydrogen-bond donors (Lipinski definition) is 1. The van der Waals surface area contributed by atoms with Crippen LogP contribution in [0.5, 0.6) is 0 Å². The van der Waals surface area contributed by atoms with Gasteiger partial charge in [0.2, 0.25) is 0 Å². The lowest BCUT2D eigenvalue weighted by Crippen LogP contribution is -2.41. The lowest BCUT2D eigenvalue weighted by atomic mass is 10.1. The van der Waals surface area contributed by atoms with Crippen LogP contribution >= 0.6 is 11.3 Å². The van der Waals surface area contributed by atoms with Crippen molar-refractivity contribution >= 4 is 33.9 Å². The molecule has 2 aromatic heterocycles. The standard InChI is InChI=1S/C22H28F2N4O4S/c1-12-15(10-25-26-19(30)32-21(2,3)4)33-18-16(12)17(29)28(14-7-8-14)20(31)27(18)11-13-6-5-9-22(13,23)24/h10,13-14H,5-9,11H2,1-4H3,(H,26,30)/b25-10+. The number of fused-ring (bicyclic) bond motifs is 1. The highest BCUT2D eigenvalue weighted by Gasteiger charge is 2.44. The normalized spacial score (nSPS) is 20.6. The molecule has 1 unspecified atom stereocenters. The zero-order chi connectivity index (χ0) is 24.1. The van der Waals surface area contributed by atoms with Crippen LogP contribution in [0.3, 0.4) is 0 Å². The quantitative estimate of drug-likeness (QED) is 0.511. The fourth-order valence-corrected chi connectivity index (χ4v) is 5.38. The van der Waals surface area contributed by atoms with Crippen LogP contribution in [0.1, 0.15) is 69.4 Å². The molecule has 2 saturated carbocycles. The maximum atomic E-state index is 14.4. The molecule has 0 aliphatic heterocycles. The van der Waals surface area contributed by atoms with E-state index >= 15 is 0 Å². The number of hydrazone groups is 1. The zero-order valence-electron chi connectivity index (χ0n) is 19.1. The van der Waals surface area contributed by atoms with Gasteiger partial charge in [-0.1, -0.05) is 0 Å². The van der Waals surface area contributed by atoms with E-state index in [1.165, 1.54) is 15.3 Å². The Hall–Kier alpha value is -2.56. The van der Waals surface area contributed by atoms with E-state index in [9.17, 15) is 23.2 Å². The molecule has 4 rings (SSSR count). The molecule has 1 atom stereocenters. The number of carbonyl (C=O) groups is 1. The molecule has 2 fully saturated rings. The van der Waals surface area contributed by atoms with E-state index in [1.807, 2.05) is 0 Å². The number of carbonyl (C=O) groups excluding carboxylic acids is 1.